The highest BCUT2D eigenvalue weighted by Crippen LogP contribution is 2.17. The largest absolute Gasteiger partial charge is 0.366 e. The molecule has 3 nitrogen and oxygen atoms in total. The van der Waals surface area contributed by atoms with Gasteiger partial charge in [0.25, 0.3) is 0 Å². The first-order valence-electron chi connectivity index (χ1n) is 5.66. The van der Waals surface area contributed by atoms with Gasteiger partial charge in [0.1, 0.15) is 11.0 Å². The molecule has 2 rings (SSSR count). The summed E-state index contributed by atoms with van der Waals surface area (Å²) in [6.45, 7) is 3.34. The van der Waals surface area contributed by atoms with E-state index in [2.05, 4.69) is 9.97 Å². The average Bonchev–Trinajstić information content (AvgIpc) is 2.38. The van der Waals surface area contributed by atoms with Gasteiger partial charge in [0.15, 0.2) is 0 Å². The van der Waals surface area contributed by atoms with Gasteiger partial charge < -0.3 is 4.90 Å². The lowest BCUT2D eigenvalue weighted by molar-refractivity contribution is 0.626. The third-order valence-corrected chi connectivity index (χ3v) is 2.78. The molecule has 1 heterocycles. The van der Waals surface area contributed by atoms with Crippen molar-refractivity contribution in [1.29, 1.82) is 0 Å². The molecule has 0 radical (unpaired) electrons. The Kier molecular flexibility index (Phi) is 4.10. The van der Waals surface area contributed by atoms with Crippen molar-refractivity contribution in [2.45, 2.75) is 13.5 Å². The van der Waals surface area contributed by atoms with E-state index in [-0.39, 0.29) is 5.82 Å². The molecule has 0 amide bonds. The lowest BCUT2D eigenvalue weighted by atomic mass is 10.2. The number of halogens is 2. The Hall–Kier alpha value is -1.68. The Morgan fingerprint density at radius 3 is 2.72 bits per heavy atom. The van der Waals surface area contributed by atoms with E-state index in [9.17, 15) is 4.39 Å². The first-order valence-corrected chi connectivity index (χ1v) is 6.03. The standard InChI is InChI=1S/C13H13ClFN3/c1-2-18(12-5-3-4-10(15)6-12)9-11-7-17-13(14)8-16-11/h3-8H,2,9H2,1H3. The molecule has 0 unspecified atom stereocenters. The van der Waals surface area contributed by atoms with Gasteiger partial charge in [-0.15, -0.1) is 0 Å². The molecular weight excluding hydrogens is 253 g/mol. The van der Waals surface area contributed by atoms with Gasteiger partial charge in [0.2, 0.25) is 0 Å². The Bertz CT molecular complexity index is 516. The lowest BCUT2D eigenvalue weighted by Gasteiger charge is -2.22. The van der Waals surface area contributed by atoms with E-state index in [1.54, 1.807) is 12.3 Å². The Labute approximate surface area is 110 Å². The number of anilines is 1. The molecule has 0 atom stereocenters. The van der Waals surface area contributed by atoms with E-state index in [1.807, 2.05) is 17.9 Å². The summed E-state index contributed by atoms with van der Waals surface area (Å²) < 4.78 is 13.2. The second-order valence-electron chi connectivity index (χ2n) is 3.82. The molecule has 5 heteroatoms. The van der Waals surface area contributed by atoms with Crippen molar-refractivity contribution in [2.75, 3.05) is 11.4 Å². The molecule has 18 heavy (non-hydrogen) atoms. The maximum Gasteiger partial charge on any atom is 0.147 e. The van der Waals surface area contributed by atoms with Crippen LogP contribution in [0.3, 0.4) is 0 Å². The minimum Gasteiger partial charge on any atom is -0.366 e. The summed E-state index contributed by atoms with van der Waals surface area (Å²) in [6.07, 6.45) is 3.14. The van der Waals surface area contributed by atoms with Gasteiger partial charge in [0.05, 0.1) is 24.6 Å². The predicted octanol–water partition coefficient (Wildman–Crippen LogP) is 3.30. The summed E-state index contributed by atoms with van der Waals surface area (Å²) in [5, 5.41) is 0.368. The van der Waals surface area contributed by atoms with E-state index in [0.29, 0.717) is 11.7 Å². The summed E-state index contributed by atoms with van der Waals surface area (Å²) in [6, 6.07) is 6.50. The van der Waals surface area contributed by atoms with E-state index < -0.39 is 0 Å². The Balaban J connectivity index is 2.17. The van der Waals surface area contributed by atoms with Gasteiger partial charge in [-0.05, 0) is 25.1 Å². The fourth-order valence-corrected chi connectivity index (χ4v) is 1.77. The van der Waals surface area contributed by atoms with Gasteiger partial charge in [-0.25, -0.2) is 9.37 Å². The molecule has 0 N–H and O–H groups in total. The molecule has 0 aliphatic heterocycles. The first kappa shape index (κ1) is 12.8. The summed E-state index contributed by atoms with van der Waals surface area (Å²) >= 11 is 5.68. The fraction of sp³-hybridized carbons (Fsp3) is 0.231. The number of aromatic nitrogens is 2. The van der Waals surface area contributed by atoms with Crippen LogP contribution in [0.2, 0.25) is 5.15 Å². The third-order valence-electron chi connectivity index (χ3n) is 2.58. The van der Waals surface area contributed by atoms with E-state index in [4.69, 9.17) is 11.6 Å². The van der Waals surface area contributed by atoms with Crippen molar-refractivity contribution >= 4 is 17.3 Å². The summed E-state index contributed by atoms with van der Waals surface area (Å²) in [5.74, 6) is -0.242. The predicted molar refractivity (Wildman–Crippen MR) is 70.2 cm³/mol. The molecule has 0 bridgehead atoms. The van der Waals surface area contributed by atoms with Crippen molar-refractivity contribution in [3.05, 3.63) is 53.3 Å². The first-order chi connectivity index (χ1) is 8.69. The Morgan fingerprint density at radius 1 is 1.28 bits per heavy atom. The molecule has 1 aromatic carbocycles. The second kappa shape index (κ2) is 5.78. The molecule has 0 saturated heterocycles. The number of nitrogens with zero attached hydrogens (tertiary/aromatic N) is 3. The van der Waals surface area contributed by atoms with Crippen molar-refractivity contribution in [3.63, 3.8) is 0 Å². The number of hydrogen-bond donors (Lipinski definition) is 0. The van der Waals surface area contributed by atoms with Crippen LogP contribution in [0.4, 0.5) is 10.1 Å². The number of rotatable bonds is 4. The van der Waals surface area contributed by atoms with Crippen LogP contribution in [0.25, 0.3) is 0 Å². The highest BCUT2D eigenvalue weighted by atomic mass is 35.5. The zero-order valence-electron chi connectivity index (χ0n) is 9.98. The molecule has 2 aromatic rings. The smallest absolute Gasteiger partial charge is 0.147 e. The van der Waals surface area contributed by atoms with Gasteiger partial charge in [0, 0.05) is 12.2 Å². The fourth-order valence-electron chi connectivity index (χ4n) is 1.67. The Morgan fingerprint density at radius 2 is 2.11 bits per heavy atom. The molecule has 94 valence electrons. The average molecular weight is 266 g/mol. The normalized spacial score (nSPS) is 10.4. The summed E-state index contributed by atoms with van der Waals surface area (Å²) in [5.41, 5.74) is 1.62. The molecule has 0 fully saturated rings. The zero-order valence-corrected chi connectivity index (χ0v) is 10.7. The maximum atomic E-state index is 13.2. The third kappa shape index (κ3) is 3.17. The van der Waals surface area contributed by atoms with Crippen LogP contribution in [-0.4, -0.2) is 16.5 Å². The van der Waals surface area contributed by atoms with Crippen molar-refractivity contribution < 1.29 is 4.39 Å². The zero-order chi connectivity index (χ0) is 13.0. The van der Waals surface area contributed by atoms with E-state index >= 15 is 0 Å². The molecule has 0 aliphatic carbocycles. The van der Waals surface area contributed by atoms with E-state index in [0.717, 1.165) is 17.9 Å². The maximum absolute atomic E-state index is 13.2. The summed E-state index contributed by atoms with van der Waals surface area (Å²) in [7, 11) is 0. The quantitative estimate of drug-likeness (QED) is 0.849. The van der Waals surface area contributed by atoms with Crippen LogP contribution in [0.1, 0.15) is 12.6 Å². The second-order valence-corrected chi connectivity index (χ2v) is 4.21. The molecule has 0 spiro atoms. The molecular formula is C13H13ClFN3. The molecule has 1 aromatic heterocycles. The van der Waals surface area contributed by atoms with Gasteiger partial charge in [-0.2, -0.15) is 0 Å². The van der Waals surface area contributed by atoms with Crippen molar-refractivity contribution in [2.24, 2.45) is 0 Å². The summed E-state index contributed by atoms with van der Waals surface area (Å²) in [4.78, 5) is 10.2. The minimum atomic E-state index is -0.242. The lowest BCUT2D eigenvalue weighted by Crippen LogP contribution is -2.22. The van der Waals surface area contributed by atoms with Crippen LogP contribution >= 0.6 is 11.6 Å². The molecule has 0 aliphatic rings. The molecule has 0 saturated carbocycles. The van der Waals surface area contributed by atoms with Crippen LogP contribution in [0, 0.1) is 5.82 Å². The SMILES string of the molecule is CCN(Cc1cnc(Cl)cn1)c1cccc(F)c1. The van der Waals surface area contributed by atoms with Crippen LogP contribution in [0.5, 0.6) is 0 Å². The van der Waals surface area contributed by atoms with Gasteiger partial charge in [-0.1, -0.05) is 17.7 Å². The minimum absolute atomic E-state index is 0.242. The number of benzene rings is 1. The van der Waals surface area contributed by atoms with E-state index in [1.165, 1.54) is 18.3 Å². The van der Waals surface area contributed by atoms with Gasteiger partial charge >= 0.3 is 0 Å². The van der Waals surface area contributed by atoms with Gasteiger partial charge in [-0.3, -0.25) is 4.98 Å². The van der Waals surface area contributed by atoms with Crippen molar-refractivity contribution in [3.8, 4) is 0 Å². The monoisotopic (exact) mass is 265 g/mol. The van der Waals surface area contributed by atoms with Crippen LogP contribution in [-0.2, 0) is 6.54 Å². The topological polar surface area (TPSA) is 29.0 Å². The van der Waals surface area contributed by atoms with Crippen LogP contribution < -0.4 is 4.90 Å². The number of hydrogen-bond acceptors (Lipinski definition) is 3. The van der Waals surface area contributed by atoms with Crippen molar-refractivity contribution in [1.82, 2.24) is 9.97 Å². The highest BCUT2D eigenvalue weighted by molar-refractivity contribution is 6.29. The highest BCUT2D eigenvalue weighted by Gasteiger charge is 2.07. The van der Waals surface area contributed by atoms with Crippen LogP contribution in [0.15, 0.2) is 36.7 Å².